The Morgan fingerprint density at radius 3 is 3.00 bits per heavy atom. The van der Waals surface area contributed by atoms with Crippen molar-refractivity contribution < 1.29 is 0 Å². The summed E-state index contributed by atoms with van der Waals surface area (Å²) in [6.45, 7) is 0. The summed E-state index contributed by atoms with van der Waals surface area (Å²) in [6, 6.07) is 0. The van der Waals surface area contributed by atoms with E-state index in [1.807, 2.05) is 0 Å². The highest BCUT2D eigenvalue weighted by Crippen LogP contribution is 2.03. The normalized spacial score (nSPS) is 10.9. The van der Waals surface area contributed by atoms with Gasteiger partial charge in [-0.1, -0.05) is 0 Å². The number of imidazole rings is 2. The molecule has 7 nitrogen and oxygen atoms in total. The molecule has 0 aliphatic rings. The lowest BCUT2D eigenvalue weighted by Gasteiger charge is -2.02. The van der Waals surface area contributed by atoms with Crippen LogP contribution in [-0.2, 0) is 0 Å². The molecule has 0 aliphatic heterocycles. The summed E-state index contributed by atoms with van der Waals surface area (Å²) in [5.41, 5.74) is 0.557. The first kappa shape index (κ1) is 7.92. The summed E-state index contributed by atoms with van der Waals surface area (Å²) in [5, 5.41) is 0. The van der Waals surface area contributed by atoms with Gasteiger partial charge < -0.3 is 4.98 Å². The Balaban J connectivity index is 2.39. The van der Waals surface area contributed by atoms with Crippen LogP contribution in [0.25, 0.3) is 11.2 Å². The average molecular weight is 202 g/mol. The van der Waals surface area contributed by atoms with Gasteiger partial charge in [-0.2, -0.15) is 4.98 Å². The molecule has 3 rings (SSSR count). The summed E-state index contributed by atoms with van der Waals surface area (Å²) in [4.78, 5) is 25.7. The summed E-state index contributed by atoms with van der Waals surface area (Å²) in [6.07, 6.45) is 7.89. The number of hydrogen-bond donors (Lipinski definition) is 1. The summed E-state index contributed by atoms with van der Waals surface area (Å²) in [5.74, 6) is 0. The molecule has 74 valence electrons. The minimum atomic E-state index is -0.345. The minimum Gasteiger partial charge on any atom is -0.329 e. The molecule has 7 heteroatoms. The van der Waals surface area contributed by atoms with Gasteiger partial charge in [0.15, 0.2) is 11.2 Å². The van der Waals surface area contributed by atoms with Gasteiger partial charge in [0.1, 0.15) is 12.7 Å². The Kier molecular flexibility index (Phi) is 1.46. The molecule has 0 atom stereocenters. The molecule has 1 N–H and O–H groups in total. The van der Waals surface area contributed by atoms with Gasteiger partial charge in [0.05, 0.1) is 6.33 Å². The van der Waals surface area contributed by atoms with Gasteiger partial charge in [0.2, 0.25) is 0 Å². The Morgan fingerprint density at radius 2 is 2.20 bits per heavy atom. The van der Waals surface area contributed by atoms with Crippen LogP contribution >= 0.6 is 0 Å². The number of fused-ring (bicyclic) bond motifs is 1. The molecule has 0 bridgehead atoms. The first-order valence-electron chi connectivity index (χ1n) is 4.25. The van der Waals surface area contributed by atoms with Crippen molar-refractivity contribution in [3.63, 3.8) is 0 Å². The molecule has 0 spiro atoms. The van der Waals surface area contributed by atoms with Gasteiger partial charge in [-0.3, -0.25) is 4.79 Å². The maximum atomic E-state index is 11.3. The van der Waals surface area contributed by atoms with E-state index in [1.54, 1.807) is 28.1 Å². The number of aromatic amines is 1. The van der Waals surface area contributed by atoms with Crippen LogP contribution < -0.4 is 5.56 Å². The number of H-pyrrole nitrogens is 1. The van der Waals surface area contributed by atoms with Crippen LogP contribution in [0.5, 0.6) is 0 Å². The predicted molar refractivity (Wildman–Crippen MR) is 51.2 cm³/mol. The van der Waals surface area contributed by atoms with E-state index in [9.17, 15) is 4.79 Å². The van der Waals surface area contributed by atoms with Crippen molar-refractivity contribution >= 4 is 11.2 Å². The van der Waals surface area contributed by atoms with Gasteiger partial charge in [0, 0.05) is 12.4 Å². The van der Waals surface area contributed by atoms with Gasteiger partial charge in [0.25, 0.3) is 0 Å². The molecule has 0 radical (unpaired) electrons. The SMILES string of the molecule is O=c1nc[nH]c2c1ncn2-n1ccnc1. The van der Waals surface area contributed by atoms with Gasteiger partial charge in [-0.25, -0.2) is 19.3 Å². The van der Waals surface area contributed by atoms with Crippen LogP contribution in [0.4, 0.5) is 0 Å². The van der Waals surface area contributed by atoms with Crippen LogP contribution in [0, 0.1) is 0 Å². The highest BCUT2D eigenvalue weighted by Gasteiger charge is 2.06. The molecule has 0 unspecified atom stereocenters. The minimum absolute atomic E-state index is 0.311. The highest BCUT2D eigenvalue weighted by molar-refractivity contribution is 5.68. The molecular formula is C8H6N6O. The summed E-state index contributed by atoms with van der Waals surface area (Å²) >= 11 is 0. The van der Waals surface area contributed by atoms with Crippen molar-refractivity contribution in [1.29, 1.82) is 0 Å². The third-order valence-corrected chi connectivity index (χ3v) is 2.07. The zero-order chi connectivity index (χ0) is 10.3. The molecule has 0 saturated carbocycles. The van der Waals surface area contributed by atoms with Gasteiger partial charge in [-0.05, 0) is 0 Å². The van der Waals surface area contributed by atoms with Crippen molar-refractivity contribution in [2.75, 3.05) is 0 Å². The molecule has 3 aromatic rings. The maximum Gasteiger partial charge on any atom is 0.300 e. The third kappa shape index (κ3) is 1.06. The molecule has 0 fully saturated rings. The van der Waals surface area contributed by atoms with E-state index in [2.05, 4.69) is 19.9 Å². The molecule has 0 aromatic carbocycles. The molecule has 15 heavy (non-hydrogen) atoms. The van der Waals surface area contributed by atoms with Crippen LogP contribution in [0.2, 0.25) is 0 Å². The van der Waals surface area contributed by atoms with Gasteiger partial charge >= 0.3 is 5.56 Å². The molecule has 3 heterocycles. The average Bonchev–Trinajstić information content (AvgIpc) is 2.85. The van der Waals surface area contributed by atoms with Crippen molar-refractivity contribution in [2.45, 2.75) is 0 Å². The third-order valence-electron chi connectivity index (χ3n) is 2.07. The number of aromatic nitrogens is 6. The smallest absolute Gasteiger partial charge is 0.300 e. The Bertz CT molecular complexity index is 649. The van der Waals surface area contributed by atoms with Crippen LogP contribution in [-0.4, -0.2) is 29.3 Å². The highest BCUT2D eigenvalue weighted by atomic mass is 16.1. The summed E-state index contributed by atoms with van der Waals surface area (Å²) in [7, 11) is 0. The van der Waals surface area contributed by atoms with Crippen LogP contribution in [0.1, 0.15) is 0 Å². The summed E-state index contributed by atoms with van der Waals surface area (Å²) < 4.78 is 3.37. The van der Waals surface area contributed by atoms with E-state index in [0.29, 0.717) is 11.2 Å². The van der Waals surface area contributed by atoms with Crippen molar-refractivity contribution in [1.82, 2.24) is 29.3 Å². The van der Waals surface area contributed by atoms with Crippen molar-refractivity contribution in [3.05, 3.63) is 41.7 Å². The number of nitrogens with one attached hydrogen (secondary N) is 1. The Hall–Kier alpha value is -2.44. The lowest BCUT2D eigenvalue weighted by atomic mass is 10.5. The molecule has 3 aromatic heterocycles. The molecular weight excluding hydrogens is 196 g/mol. The number of rotatable bonds is 1. The molecule has 0 aliphatic carbocycles. The largest absolute Gasteiger partial charge is 0.329 e. The topological polar surface area (TPSA) is 81.4 Å². The molecule has 0 saturated heterocycles. The van der Waals surface area contributed by atoms with E-state index in [0.717, 1.165) is 0 Å². The maximum absolute atomic E-state index is 11.3. The van der Waals surface area contributed by atoms with E-state index < -0.39 is 0 Å². The van der Waals surface area contributed by atoms with Crippen molar-refractivity contribution in [2.24, 2.45) is 0 Å². The van der Waals surface area contributed by atoms with E-state index in [4.69, 9.17) is 0 Å². The lowest BCUT2D eigenvalue weighted by molar-refractivity contribution is 0.672. The predicted octanol–water partition coefficient (Wildman–Crippen LogP) is -0.373. The van der Waals surface area contributed by atoms with E-state index in [-0.39, 0.29) is 5.56 Å². The first-order chi connectivity index (χ1) is 7.36. The van der Waals surface area contributed by atoms with Crippen LogP contribution in [0.15, 0.2) is 36.2 Å². The Labute approximate surface area is 83.0 Å². The van der Waals surface area contributed by atoms with Crippen LogP contribution in [0.3, 0.4) is 0 Å². The number of nitrogens with zero attached hydrogens (tertiary/aromatic N) is 5. The second-order valence-electron chi connectivity index (χ2n) is 2.94. The zero-order valence-corrected chi connectivity index (χ0v) is 7.53. The molecule has 0 amide bonds. The van der Waals surface area contributed by atoms with E-state index >= 15 is 0 Å². The monoisotopic (exact) mass is 202 g/mol. The van der Waals surface area contributed by atoms with Gasteiger partial charge in [-0.15, -0.1) is 0 Å². The number of hydrogen-bond acceptors (Lipinski definition) is 4. The van der Waals surface area contributed by atoms with Crippen molar-refractivity contribution in [3.8, 4) is 0 Å². The Morgan fingerprint density at radius 1 is 1.27 bits per heavy atom. The van der Waals surface area contributed by atoms with E-state index in [1.165, 1.54) is 12.7 Å². The first-order valence-corrected chi connectivity index (χ1v) is 4.25. The zero-order valence-electron chi connectivity index (χ0n) is 7.53. The quantitative estimate of drug-likeness (QED) is 0.583. The fourth-order valence-electron chi connectivity index (χ4n) is 1.40. The fourth-order valence-corrected chi connectivity index (χ4v) is 1.40. The lowest BCUT2D eigenvalue weighted by Crippen LogP contribution is -2.10. The fraction of sp³-hybridized carbons (Fsp3) is 0. The standard InChI is InChI=1S/C8H6N6O/c15-8-6-7(10-3-11-8)14(5-12-6)13-2-1-9-4-13/h1-5H,(H,10,11,15). The second-order valence-corrected chi connectivity index (χ2v) is 2.94. The second kappa shape index (κ2) is 2.77.